The summed E-state index contributed by atoms with van der Waals surface area (Å²) >= 11 is 13.7. The summed E-state index contributed by atoms with van der Waals surface area (Å²) in [6, 6.07) is 10.6. The predicted molar refractivity (Wildman–Crippen MR) is 117 cm³/mol. The van der Waals surface area contributed by atoms with E-state index < -0.39 is 0 Å². The average molecular weight is 447 g/mol. The number of hydrogen-bond donors (Lipinski definition) is 0. The van der Waals surface area contributed by atoms with E-state index in [0.717, 1.165) is 15.2 Å². The predicted octanol–water partition coefficient (Wildman–Crippen LogP) is 4.53. The van der Waals surface area contributed by atoms with Gasteiger partial charge in [0.05, 0.1) is 38.5 Å². The van der Waals surface area contributed by atoms with Crippen LogP contribution in [0.3, 0.4) is 0 Å². The van der Waals surface area contributed by atoms with Crippen molar-refractivity contribution in [2.75, 3.05) is 7.05 Å². The molecule has 0 saturated carbocycles. The van der Waals surface area contributed by atoms with Crippen LogP contribution in [0.4, 0.5) is 0 Å². The van der Waals surface area contributed by atoms with Crippen LogP contribution in [0.2, 0.25) is 10.0 Å². The molecule has 0 aliphatic rings. The second-order valence-electron chi connectivity index (χ2n) is 6.66. The van der Waals surface area contributed by atoms with Gasteiger partial charge in [-0.05, 0) is 31.2 Å². The summed E-state index contributed by atoms with van der Waals surface area (Å²) in [7, 11) is 1.70. The van der Waals surface area contributed by atoms with Crippen LogP contribution >= 0.6 is 34.5 Å². The molecule has 0 N–H and O–H groups in total. The summed E-state index contributed by atoms with van der Waals surface area (Å²) in [5.41, 5.74) is 0.902. The SMILES string of the molecule is C[C@@H](c1nc2ccccc2s1)N(C)C(=O)Cn1cnc2c(Cl)cc(Cl)cc2c1=O. The third-order valence-electron chi connectivity index (χ3n) is 4.79. The smallest absolute Gasteiger partial charge is 0.261 e. The van der Waals surface area contributed by atoms with Crippen molar-refractivity contribution >= 4 is 61.6 Å². The normalized spacial score (nSPS) is 12.4. The van der Waals surface area contributed by atoms with E-state index in [1.165, 1.54) is 23.0 Å². The molecule has 2 heterocycles. The van der Waals surface area contributed by atoms with Crippen molar-refractivity contribution < 1.29 is 4.79 Å². The van der Waals surface area contributed by atoms with Crippen molar-refractivity contribution in [2.24, 2.45) is 0 Å². The number of halogens is 2. The van der Waals surface area contributed by atoms with Crippen molar-refractivity contribution in [3.63, 3.8) is 0 Å². The van der Waals surface area contributed by atoms with E-state index in [9.17, 15) is 9.59 Å². The summed E-state index contributed by atoms with van der Waals surface area (Å²) in [5.74, 6) is -0.229. The first-order valence-corrected chi connectivity index (χ1v) is 10.4. The lowest BCUT2D eigenvalue weighted by Gasteiger charge is -2.23. The molecule has 2 aromatic carbocycles. The Bertz CT molecular complexity index is 1270. The highest BCUT2D eigenvalue weighted by molar-refractivity contribution is 7.18. The Morgan fingerprint density at radius 3 is 2.79 bits per heavy atom. The Balaban J connectivity index is 1.60. The lowest BCUT2D eigenvalue weighted by atomic mass is 10.2. The van der Waals surface area contributed by atoms with Crippen molar-refractivity contribution in [3.8, 4) is 0 Å². The van der Waals surface area contributed by atoms with E-state index in [1.807, 2.05) is 31.2 Å². The molecular weight excluding hydrogens is 431 g/mol. The lowest BCUT2D eigenvalue weighted by molar-refractivity contribution is -0.132. The third kappa shape index (κ3) is 3.73. The molecule has 0 fully saturated rings. The van der Waals surface area contributed by atoms with Crippen LogP contribution < -0.4 is 5.56 Å². The van der Waals surface area contributed by atoms with Gasteiger partial charge in [-0.25, -0.2) is 9.97 Å². The van der Waals surface area contributed by atoms with Crippen LogP contribution in [0, 0.1) is 0 Å². The van der Waals surface area contributed by atoms with Gasteiger partial charge >= 0.3 is 0 Å². The monoisotopic (exact) mass is 446 g/mol. The van der Waals surface area contributed by atoms with Crippen LogP contribution in [0.25, 0.3) is 21.1 Å². The molecule has 0 aliphatic heterocycles. The van der Waals surface area contributed by atoms with Crippen LogP contribution in [0.15, 0.2) is 47.5 Å². The molecule has 0 radical (unpaired) electrons. The Kier molecular flexibility index (Phi) is 5.29. The zero-order chi connectivity index (χ0) is 20.7. The van der Waals surface area contributed by atoms with Gasteiger partial charge in [0.1, 0.15) is 11.6 Å². The quantitative estimate of drug-likeness (QED) is 0.461. The molecule has 9 heteroatoms. The summed E-state index contributed by atoms with van der Waals surface area (Å²) in [5, 5.41) is 1.75. The molecular formula is C20H16Cl2N4O2S. The van der Waals surface area contributed by atoms with E-state index >= 15 is 0 Å². The van der Waals surface area contributed by atoms with Crippen molar-refractivity contribution in [1.82, 2.24) is 19.4 Å². The summed E-state index contributed by atoms with van der Waals surface area (Å²) < 4.78 is 2.33. The van der Waals surface area contributed by atoms with E-state index in [0.29, 0.717) is 15.6 Å². The number of carbonyl (C=O) groups excluding carboxylic acids is 1. The lowest BCUT2D eigenvalue weighted by Crippen LogP contribution is -2.35. The number of likely N-dealkylation sites (N-methyl/N-ethyl adjacent to an activating group) is 1. The Morgan fingerprint density at radius 2 is 2.03 bits per heavy atom. The number of nitrogens with zero attached hydrogens (tertiary/aromatic N) is 4. The van der Waals surface area contributed by atoms with Gasteiger partial charge in [-0.15, -0.1) is 11.3 Å². The Morgan fingerprint density at radius 1 is 1.28 bits per heavy atom. The zero-order valence-corrected chi connectivity index (χ0v) is 17.9. The molecule has 29 heavy (non-hydrogen) atoms. The number of amides is 1. The number of hydrogen-bond acceptors (Lipinski definition) is 5. The maximum absolute atomic E-state index is 12.8. The number of rotatable bonds is 4. The third-order valence-corrected chi connectivity index (χ3v) is 6.51. The maximum Gasteiger partial charge on any atom is 0.261 e. The number of fused-ring (bicyclic) bond motifs is 2. The standard InChI is InChI=1S/C20H16Cl2N4O2S/c1-11(19-24-15-5-3-4-6-16(15)29-19)25(2)17(27)9-26-10-23-18-13(20(26)28)7-12(21)8-14(18)22/h3-8,10-11H,9H2,1-2H3/t11-/m0/s1. The van der Waals surface area contributed by atoms with Gasteiger partial charge in [0, 0.05) is 12.1 Å². The topological polar surface area (TPSA) is 68.1 Å². The first-order chi connectivity index (χ1) is 13.8. The summed E-state index contributed by atoms with van der Waals surface area (Å²) in [6.45, 7) is 1.77. The van der Waals surface area contributed by atoms with Gasteiger partial charge in [-0.2, -0.15) is 0 Å². The van der Waals surface area contributed by atoms with Gasteiger partial charge in [0.15, 0.2) is 0 Å². The Hall–Kier alpha value is -2.48. The molecule has 1 atom stereocenters. The van der Waals surface area contributed by atoms with E-state index in [-0.39, 0.29) is 29.4 Å². The van der Waals surface area contributed by atoms with Crippen LogP contribution in [0.1, 0.15) is 18.0 Å². The highest BCUT2D eigenvalue weighted by atomic mass is 35.5. The number of para-hydroxylation sites is 1. The molecule has 4 rings (SSSR count). The van der Waals surface area contributed by atoms with Gasteiger partial charge in [0.2, 0.25) is 5.91 Å². The fraction of sp³-hybridized carbons (Fsp3) is 0.200. The number of carbonyl (C=O) groups is 1. The molecule has 148 valence electrons. The van der Waals surface area contributed by atoms with Gasteiger partial charge in [-0.3, -0.25) is 14.2 Å². The van der Waals surface area contributed by atoms with Gasteiger partial charge < -0.3 is 4.90 Å². The second-order valence-corrected chi connectivity index (χ2v) is 8.57. The molecule has 4 aromatic rings. The average Bonchev–Trinajstić information content (AvgIpc) is 3.13. The second kappa shape index (κ2) is 7.74. The molecule has 0 bridgehead atoms. The molecule has 0 saturated heterocycles. The van der Waals surface area contributed by atoms with Gasteiger partial charge in [-0.1, -0.05) is 35.3 Å². The Labute approximate surface area is 180 Å². The first kappa shape index (κ1) is 19.8. The highest BCUT2D eigenvalue weighted by Crippen LogP contribution is 2.29. The highest BCUT2D eigenvalue weighted by Gasteiger charge is 2.21. The molecule has 2 aromatic heterocycles. The van der Waals surface area contributed by atoms with Crippen molar-refractivity contribution in [1.29, 1.82) is 0 Å². The first-order valence-electron chi connectivity index (χ1n) is 8.80. The number of benzene rings is 2. The molecule has 0 aliphatic carbocycles. The maximum atomic E-state index is 12.8. The minimum absolute atomic E-state index is 0.141. The fourth-order valence-electron chi connectivity index (χ4n) is 3.02. The number of aromatic nitrogens is 3. The van der Waals surface area contributed by atoms with E-state index in [2.05, 4.69) is 9.97 Å². The minimum Gasteiger partial charge on any atom is -0.335 e. The molecule has 0 spiro atoms. The minimum atomic E-state index is -0.367. The molecule has 6 nitrogen and oxygen atoms in total. The van der Waals surface area contributed by atoms with Crippen LogP contribution in [0.5, 0.6) is 0 Å². The largest absolute Gasteiger partial charge is 0.335 e. The van der Waals surface area contributed by atoms with Crippen LogP contribution in [-0.4, -0.2) is 32.4 Å². The molecule has 1 amide bonds. The van der Waals surface area contributed by atoms with E-state index in [4.69, 9.17) is 23.2 Å². The van der Waals surface area contributed by atoms with Gasteiger partial charge in [0.25, 0.3) is 5.56 Å². The number of thiazole rings is 1. The van der Waals surface area contributed by atoms with Crippen LogP contribution in [-0.2, 0) is 11.3 Å². The summed E-state index contributed by atoms with van der Waals surface area (Å²) in [6.07, 6.45) is 1.33. The zero-order valence-electron chi connectivity index (χ0n) is 15.6. The summed E-state index contributed by atoms with van der Waals surface area (Å²) in [4.78, 5) is 36.0. The van der Waals surface area contributed by atoms with Crippen molar-refractivity contribution in [2.45, 2.75) is 19.5 Å². The fourth-order valence-corrected chi connectivity index (χ4v) is 4.62. The molecule has 0 unspecified atom stereocenters. The van der Waals surface area contributed by atoms with Crippen molar-refractivity contribution in [3.05, 3.63) is 68.1 Å². The van der Waals surface area contributed by atoms with E-state index in [1.54, 1.807) is 23.3 Å².